The molecule has 0 aliphatic carbocycles. The van der Waals surface area contributed by atoms with Gasteiger partial charge in [0.05, 0.1) is 12.3 Å². The Balaban J connectivity index is 1.87. The monoisotopic (exact) mass is 330 g/mol. The fourth-order valence-corrected chi connectivity index (χ4v) is 2.44. The number of nitrogens with two attached hydrogens (primary N) is 1. The summed E-state index contributed by atoms with van der Waals surface area (Å²) in [5.74, 6) is 0.235. The molecule has 1 aliphatic heterocycles. The first-order chi connectivity index (χ1) is 11.6. The van der Waals surface area contributed by atoms with E-state index in [1.54, 1.807) is 36.4 Å². The van der Waals surface area contributed by atoms with Crippen molar-refractivity contribution in [1.82, 2.24) is 9.97 Å². The van der Waals surface area contributed by atoms with Gasteiger partial charge in [-0.15, -0.1) is 0 Å². The zero-order valence-electron chi connectivity index (χ0n) is 12.8. The average Bonchev–Trinajstić information content (AvgIpc) is 2.62. The van der Waals surface area contributed by atoms with Crippen LogP contribution >= 0.6 is 0 Å². The molecular formula is C16H17FN5O2+. The highest BCUT2D eigenvalue weighted by Crippen LogP contribution is 2.19. The molecule has 0 bridgehead atoms. The topological polar surface area (TPSA) is 104 Å². The second-order valence-electron chi connectivity index (χ2n) is 5.44. The summed E-state index contributed by atoms with van der Waals surface area (Å²) in [5.41, 5.74) is 5.23. The van der Waals surface area contributed by atoms with Gasteiger partial charge in [-0.25, -0.2) is 9.37 Å². The van der Waals surface area contributed by atoms with Gasteiger partial charge < -0.3 is 10.1 Å². The number of carbonyl (C=O) groups excluding carboxylic acids is 1. The third-order valence-corrected chi connectivity index (χ3v) is 3.61. The third kappa shape index (κ3) is 3.23. The van der Waals surface area contributed by atoms with Crippen LogP contribution in [0.2, 0.25) is 0 Å². The molecule has 8 heteroatoms. The van der Waals surface area contributed by atoms with E-state index in [4.69, 9.17) is 10.5 Å². The van der Waals surface area contributed by atoms with E-state index in [0.717, 1.165) is 0 Å². The maximum atomic E-state index is 13.7. The molecule has 3 rings (SSSR count). The lowest BCUT2D eigenvalue weighted by Gasteiger charge is -2.27. The molecule has 0 spiro atoms. The third-order valence-electron chi connectivity index (χ3n) is 3.61. The number of nitrogens with one attached hydrogen (secondary N) is 2. The number of amides is 1. The summed E-state index contributed by atoms with van der Waals surface area (Å²) < 4.78 is 19.0. The van der Waals surface area contributed by atoms with Crippen LogP contribution in [0.15, 0.2) is 42.6 Å². The van der Waals surface area contributed by atoms with Gasteiger partial charge in [0.1, 0.15) is 24.8 Å². The molecule has 2 aromatic heterocycles. The van der Waals surface area contributed by atoms with Crippen molar-refractivity contribution in [3.8, 4) is 0 Å². The Morgan fingerprint density at radius 2 is 2.25 bits per heavy atom. The summed E-state index contributed by atoms with van der Waals surface area (Å²) in [6.07, 6.45) is 1.53. The minimum Gasteiger partial charge on any atom is -0.364 e. The standard InChI is InChI=1S/C16H16FN5O2/c17-9-16(10-24-8-13(18)22-16)12-5-3-6-14(20-12)21-15(23)11-4-1-2-7-19-11/h1-7H,8-10H2,(H2,18,22)(H,20,21,23)/p+1. The zero-order chi connectivity index (χ0) is 17.0. The molecule has 0 radical (unpaired) electrons. The number of hydrogen-bond donors (Lipinski definition) is 3. The van der Waals surface area contributed by atoms with E-state index in [9.17, 15) is 9.18 Å². The lowest BCUT2D eigenvalue weighted by molar-refractivity contribution is -0.582. The van der Waals surface area contributed by atoms with E-state index in [1.807, 2.05) is 0 Å². The molecule has 1 unspecified atom stereocenters. The van der Waals surface area contributed by atoms with Crippen LogP contribution in [0.1, 0.15) is 16.2 Å². The van der Waals surface area contributed by atoms with E-state index < -0.39 is 18.1 Å². The Kier molecular flexibility index (Phi) is 4.48. The first-order valence-electron chi connectivity index (χ1n) is 7.36. The lowest BCUT2D eigenvalue weighted by atomic mass is 9.97. The van der Waals surface area contributed by atoms with Crippen molar-refractivity contribution < 1.29 is 18.9 Å². The summed E-state index contributed by atoms with van der Waals surface area (Å²) in [4.78, 5) is 23.4. The van der Waals surface area contributed by atoms with Gasteiger partial charge in [-0.2, -0.15) is 0 Å². The van der Waals surface area contributed by atoms with Crippen LogP contribution in [-0.4, -0.2) is 41.6 Å². The van der Waals surface area contributed by atoms with Crippen LogP contribution in [0, 0.1) is 0 Å². The number of hydrogen-bond acceptors (Lipinski definition) is 5. The van der Waals surface area contributed by atoms with Crippen LogP contribution in [0.25, 0.3) is 0 Å². The summed E-state index contributed by atoms with van der Waals surface area (Å²) in [6.45, 7) is -0.439. The summed E-state index contributed by atoms with van der Waals surface area (Å²) >= 11 is 0. The highest BCUT2D eigenvalue weighted by atomic mass is 19.1. The van der Waals surface area contributed by atoms with E-state index in [0.29, 0.717) is 17.3 Å². The fourth-order valence-electron chi connectivity index (χ4n) is 2.44. The van der Waals surface area contributed by atoms with Crippen molar-refractivity contribution in [2.75, 3.05) is 25.2 Å². The van der Waals surface area contributed by atoms with Gasteiger partial charge in [-0.05, 0) is 24.3 Å². The zero-order valence-corrected chi connectivity index (χ0v) is 12.8. The highest BCUT2D eigenvalue weighted by molar-refractivity contribution is 6.02. The smallest absolute Gasteiger partial charge is 0.275 e. The molecule has 24 heavy (non-hydrogen) atoms. The normalized spacial score (nSPS) is 20.3. The molecular weight excluding hydrogens is 313 g/mol. The fraction of sp³-hybridized carbons (Fsp3) is 0.250. The molecule has 1 amide bonds. The van der Waals surface area contributed by atoms with E-state index >= 15 is 0 Å². The van der Waals surface area contributed by atoms with Gasteiger partial charge in [0.2, 0.25) is 0 Å². The van der Waals surface area contributed by atoms with Crippen LogP contribution in [0.5, 0.6) is 0 Å². The van der Waals surface area contributed by atoms with Crippen LogP contribution in [-0.2, 0) is 10.3 Å². The summed E-state index contributed by atoms with van der Waals surface area (Å²) in [5, 5.41) is 2.65. The van der Waals surface area contributed by atoms with Crippen molar-refractivity contribution in [2.24, 2.45) is 5.73 Å². The maximum absolute atomic E-state index is 13.7. The number of rotatable bonds is 4. The summed E-state index contributed by atoms with van der Waals surface area (Å²) in [6, 6.07) is 9.98. The maximum Gasteiger partial charge on any atom is 0.275 e. The molecule has 1 aliphatic rings. The predicted molar refractivity (Wildman–Crippen MR) is 85.1 cm³/mol. The molecule has 124 valence electrons. The predicted octanol–water partition coefficient (Wildman–Crippen LogP) is -0.638. The van der Waals surface area contributed by atoms with Crippen LogP contribution in [0.3, 0.4) is 0 Å². The van der Waals surface area contributed by atoms with Crippen LogP contribution < -0.4 is 16.0 Å². The average molecular weight is 330 g/mol. The second kappa shape index (κ2) is 6.71. The molecule has 7 nitrogen and oxygen atoms in total. The minimum absolute atomic E-state index is 0.0921. The highest BCUT2D eigenvalue weighted by Gasteiger charge is 2.40. The van der Waals surface area contributed by atoms with Gasteiger partial charge in [0.15, 0.2) is 5.54 Å². The van der Waals surface area contributed by atoms with Crippen molar-refractivity contribution in [1.29, 1.82) is 0 Å². The Morgan fingerprint density at radius 1 is 1.38 bits per heavy atom. The number of anilines is 1. The minimum atomic E-state index is -1.16. The summed E-state index contributed by atoms with van der Waals surface area (Å²) in [7, 11) is 0. The number of aromatic nitrogens is 2. The van der Waals surface area contributed by atoms with Crippen LogP contribution in [0.4, 0.5) is 10.2 Å². The lowest BCUT2D eigenvalue weighted by Crippen LogP contribution is -2.92. The first-order valence-corrected chi connectivity index (χ1v) is 7.36. The Hall–Kier alpha value is -2.87. The number of ether oxygens (including phenoxy) is 1. The molecule has 0 saturated heterocycles. The van der Waals surface area contributed by atoms with Crippen molar-refractivity contribution in [3.63, 3.8) is 0 Å². The van der Waals surface area contributed by atoms with E-state index in [-0.39, 0.29) is 18.9 Å². The number of carbonyl (C=O) groups is 1. The number of nitrogens with zero attached hydrogens (tertiary/aromatic N) is 2. The molecule has 0 fully saturated rings. The quantitative estimate of drug-likeness (QED) is 0.692. The molecule has 1 atom stereocenters. The van der Waals surface area contributed by atoms with Gasteiger partial charge in [-0.1, -0.05) is 12.1 Å². The molecule has 0 aromatic carbocycles. The molecule has 0 saturated carbocycles. The van der Waals surface area contributed by atoms with Crippen molar-refractivity contribution in [3.05, 3.63) is 54.0 Å². The number of alkyl halides is 1. The number of pyridine rings is 2. The Labute approximate surface area is 137 Å². The van der Waals surface area contributed by atoms with Gasteiger partial charge in [-0.3, -0.25) is 20.5 Å². The Morgan fingerprint density at radius 3 is 2.96 bits per heavy atom. The number of halogens is 1. The van der Waals surface area contributed by atoms with E-state index in [2.05, 4.69) is 20.3 Å². The largest absolute Gasteiger partial charge is 0.364 e. The van der Waals surface area contributed by atoms with Crippen molar-refractivity contribution in [2.45, 2.75) is 5.54 Å². The number of amidine groups is 1. The first kappa shape index (κ1) is 16.0. The molecule has 2 aromatic rings. The van der Waals surface area contributed by atoms with Gasteiger partial charge >= 0.3 is 0 Å². The molecule has 4 N–H and O–H groups in total. The molecule has 3 heterocycles. The van der Waals surface area contributed by atoms with E-state index in [1.165, 1.54) is 6.20 Å². The van der Waals surface area contributed by atoms with Crippen molar-refractivity contribution >= 4 is 17.6 Å². The van der Waals surface area contributed by atoms with Gasteiger partial charge in [0, 0.05) is 6.20 Å². The van der Waals surface area contributed by atoms with Gasteiger partial charge in [0.25, 0.3) is 11.7 Å². The second-order valence-corrected chi connectivity index (χ2v) is 5.44. The SMILES string of the molecule is NC1=[NH+]C(CF)(c2cccc(NC(=O)c3ccccn3)n2)COC1. The Bertz CT molecular complexity index is 768.